The lowest BCUT2D eigenvalue weighted by molar-refractivity contribution is 0.0793. The third-order valence-electron chi connectivity index (χ3n) is 2.94. The van der Waals surface area contributed by atoms with Gasteiger partial charge in [0.25, 0.3) is 5.91 Å². The zero-order valence-electron chi connectivity index (χ0n) is 10.3. The molecule has 0 bridgehead atoms. The standard InChI is InChI=1S/C12H15BrN2O3S/c13-9-19(17,18)14-11-5-3-10(4-6-11)12(16)15-7-1-2-8-15/h3-6,14H,1-2,7-9H2. The molecule has 0 spiro atoms. The third-order valence-corrected chi connectivity index (χ3v) is 5.58. The Kier molecular flexibility index (Phi) is 4.46. The number of halogens is 1. The second-order valence-electron chi connectivity index (χ2n) is 4.40. The Morgan fingerprint density at radius 3 is 2.32 bits per heavy atom. The quantitative estimate of drug-likeness (QED) is 0.848. The summed E-state index contributed by atoms with van der Waals surface area (Å²) < 4.78 is 25.0. The molecule has 1 aliphatic rings. The number of likely N-dealkylation sites (tertiary alicyclic amines) is 1. The molecule has 0 radical (unpaired) electrons. The van der Waals surface area contributed by atoms with Crippen molar-refractivity contribution in [2.75, 3.05) is 22.5 Å². The summed E-state index contributed by atoms with van der Waals surface area (Å²) in [4.78, 5) is 13.9. The van der Waals surface area contributed by atoms with Gasteiger partial charge in [-0.05, 0) is 37.1 Å². The minimum atomic E-state index is -3.35. The number of hydrogen-bond acceptors (Lipinski definition) is 3. The number of rotatable bonds is 4. The van der Waals surface area contributed by atoms with Gasteiger partial charge in [-0.2, -0.15) is 0 Å². The Morgan fingerprint density at radius 2 is 1.79 bits per heavy atom. The van der Waals surface area contributed by atoms with Crippen LogP contribution in [0.5, 0.6) is 0 Å². The minimum Gasteiger partial charge on any atom is -0.339 e. The van der Waals surface area contributed by atoms with E-state index in [4.69, 9.17) is 0 Å². The number of carbonyl (C=O) groups excluding carboxylic acids is 1. The zero-order chi connectivity index (χ0) is 13.9. The molecule has 104 valence electrons. The van der Waals surface area contributed by atoms with Crippen molar-refractivity contribution in [2.45, 2.75) is 12.8 Å². The lowest BCUT2D eigenvalue weighted by atomic mass is 10.2. The van der Waals surface area contributed by atoms with Gasteiger partial charge in [0.05, 0.1) is 0 Å². The maximum Gasteiger partial charge on any atom is 0.253 e. The van der Waals surface area contributed by atoms with E-state index in [-0.39, 0.29) is 10.6 Å². The molecule has 1 heterocycles. The van der Waals surface area contributed by atoms with Gasteiger partial charge >= 0.3 is 0 Å². The largest absolute Gasteiger partial charge is 0.339 e. The van der Waals surface area contributed by atoms with Gasteiger partial charge in [0.1, 0.15) is 4.66 Å². The predicted octanol–water partition coefficient (Wildman–Crippen LogP) is 2.02. The molecule has 0 atom stereocenters. The SMILES string of the molecule is O=C(c1ccc(NS(=O)(=O)CBr)cc1)N1CCCC1. The van der Waals surface area contributed by atoms with Crippen LogP contribution in [0, 0.1) is 0 Å². The lowest BCUT2D eigenvalue weighted by Gasteiger charge is -2.15. The smallest absolute Gasteiger partial charge is 0.253 e. The Labute approximate surface area is 121 Å². The number of amides is 1. The predicted molar refractivity (Wildman–Crippen MR) is 77.9 cm³/mol. The molecule has 5 nitrogen and oxygen atoms in total. The van der Waals surface area contributed by atoms with E-state index in [1.165, 1.54) is 0 Å². The van der Waals surface area contributed by atoms with Gasteiger partial charge in [0.2, 0.25) is 10.0 Å². The van der Waals surface area contributed by atoms with Gasteiger partial charge in [-0.1, -0.05) is 15.9 Å². The number of nitrogens with zero attached hydrogens (tertiary/aromatic N) is 1. The zero-order valence-corrected chi connectivity index (χ0v) is 12.7. The normalized spacial score (nSPS) is 15.5. The molecular weight excluding hydrogens is 332 g/mol. The van der Waals surface area contributed by atoms with E-state index in [2.05, 4.69) is 20.7 Å². The Hall–Kier alpha value is -1.08. The van der Waals surface area contributed by atoms with Gasteiger partial charge < -0.3 is 4.90 Å². The lowest BCUT2D eigenvalue weighted by Crippen LogP contribution is -2.27. The van der Waals surface area contributed by atoms with Crippen LogP contribution < -0.4 is 4.72 Å². The molecule has 0 aliphatic carbocycles. The van der Waals surface area contributed by atoms with E-state index in [9.17, 15) is 13.2 Å². The molecule has 1 saturated heterocycles. The van der Waals surface area contributed by atoms with E-state index in [1.54, 1.807) is 24.3 Å². The number of anilines is 1. The summed E-state index contributed by atoms with van der Waals surface area (Å²) in [5.41, 5.74) is 1.04. The Balaban J connectivity index is 2.08. The highest BCUT2D eigenvalue weighted by Crippen LogP contribution is 2.16. The highest BCUT2D eigenvalue weighted by molar-refractivity contribution is 9.10. The first-order chi connectivity index (χ1) is 9.02. The summed E-state index contributed by atoms with van der Waals surface area (Å²) in [6.45, 7) is 1.60. The molecule has 7 heteroatoms. The van der Waals surface area contributed by atoms with Crippen LogP contribution >= 0.6 is 15.9 Å². The summed E-state index contributed by atoms with van der Waals surface area (Å²) in [5.74, 6) is 0.00685. The third kappa shape index (κ3) is 3.70. The van der Waals surface area contributed by atoms with Gasteiger partial charge in [-0.25, -0.2) is 8.42 Å². The number of carbonyl (C=O) groups is 1. The molecule has 1 aromatic rings. The van der Waals surface area contributed by atoms with Crippen LogP contribution in [0.15, 0.2) is 24.3 Å². The van der Waals surface area contributed by atoms with Crippen molar-refractivity contribution in [1.82, 2.24) is 4.90 Å². The highest BCUT2D eigenvalue weighted by atomic mass is 79.9. The first-order valence-corrected chi connectivity index (χ1v) is 8.75. The Bertz CT molecular complexity index is 551. The second kappa shape index (κ2) is 5.92. The number of benzene rings is 1. The van der Waals surface area contributed by atoms with Crippen molar-refractivity contribution in [3.8, 4) is 0 Å². The molecule has 1 N–H and O–H groups in total. The molecular formula is C12H15BrN2O3S. The van der Waals surface area contributed by atoms with Crippen molar-refractivity contribution < 1.29 is 13.2 Å². The van der Waals surface area contributed by atoms with Crippen LogP contribution in [0.2, 0.25) is 0 Å². The Morgan fingerprint density at radius 1 is 1.21 bits per heavy atom. The van der Waals surface area contributed by atoms with E-state index in [0.29, 0.717) is 11.3 Å². The van der Waals surface area contributed by atoms with Crippen molar-refractivity contribution >= 4 is 37.5 Å². The van der Waals surface area contributed by atoms with Crippen LogP contribution in [-0.2, 0) is 10.0 Å². The number of alkyl halides is 1. The van der Waals surface area contributed by atoms with Crippen LogP contribution in [0.1, 0.15) is 23.2 Å². The van der Waals surface area contributed by atoms with E-state index < -0.39 is 10.0 Å². The van der Waals surface area contributed by atoms with E-state index >= 15 is 0 Å². The fourth-order valence-electron chi connectivity index (χ4n) is 1.99. The maximum absolute atomic E-state index is 12.1. The molecule has 0 aromatic heterocycles. The summed E-state index contributed by atoms with van der Waals surface area (Å²) in [6, 6.07) is 6.49. The first kappa shape index (κ1) is 14.3. The summed E-state index contributed by atoms with van der Waals surface area (Å²) in [6.07, 6.45) is 2.10. The molecule has 1 aliphatic heterocycles. The van der Waals surface area contributed by atoms with E-state index in [0.717, 1.165) is 25.9 Å². The van der Waals surface area contributed by atoms with Crippen LogP contribution in [0.4, 0.5) is 5.69 Å². The summed E-state index contributed by atoms with van der Waals surface area (Å²) in [7, 11) is -3.35. The fourth-order valence-corrected chi connectivity index (χ4v) is 2.88. The van der Waals surface area contributed by atoms with Crippen LogP contribution in [0.3, 0.4) is 0 Å². The average molecular weight is 347 g/mol. The molecule has 19 heavy (non-hydrogen) atoms. The van der Waals surface area contributed by atoms with Gasteiger partial charge in [0, 0.05) is 24.3 Å². The van der Waals surface area contributed by atoms with Crippen molar-refractivity contribution in [2.24, 2.45) is 0 Å². The second-order valence-corrected chi connectivity index (χ2v) is 7.43. The summed E-state index contributed by atoms with van der Waals surface area (Å²) >= 11 is 2.90. The first-order valence-electron chi connectivity index (χ1n) is 5.97. The number of sulfonamides is 1. The van der Waals surface area contributed by atoms with E-state index in [1.807, 2.05) is 4.90 Å². The van der Waals surface area contributed by atoms with Gasteiger partial charge in [0.15, 0.2) is 0 Å². The van der Waals surface area contributed by atoms with Gasteiger partial charge in [-0.15, -0.1) is 0 Å². The van der Waals surface area contributed by atoms with Crippen molar-refractivity contribution in [1.29, 1.82) is 0 Å². The van der Waals surface area contributed by atoms with Crippen molar-refractivity contribution in [3.05, 3.63) is 29.8 Å². The molecule has 0 saturated carbocycles. The molecule has 1 amide bonds. The molecule has 1 fully saturated rings. The maximum atomic E-state index is 12.1. The van der Waals surface area contributed by atoms with Crippen LogP contribution in [0.25, 0.3) is 0 Å². The number of nitrogens with one attached hydrogen (secondary N) is 1. The van der Waals surface area contributed by atoms with Gasteiger partial charge in [-0.3, -0.25) is 9.52 Å². The highest BCUT2D eigenvalue weighted by Gasteiger charge is 2.19. The minimum absolute atomic E-state index is 0.00685. The topological polar surface area (TPSA) is 66.5 Å². The molecule has 0 unspecified atom stereocenters. The monoisotopic (exact) mass is 346 g/mol. The fraction of sp³-hybridized carbons (Fsp3) is 0.417. The molecule has 2 rings (SSSR count). The number of hydrogen-bond donors (Lipinski definition) is 1. The van der Waals surface area contributed by atoms with Crippen LogP contribution in [-0.4, -0.2) is 37.0 Å². The average Bonchev–Trinajstić information content (AvgIpc) is 2.92. The summed E-state index contributed by atoms with van der Waals surface area (Å²) in [5, 5.41) is 0. The van der Waals surface area contributed by atoms with Crippen molar-refractivity contribution in [3.63, 3.8) is 0 Å². The molecule has 1 aromatic carbocycles.